The summed E-state index contributed by atoms with van der Waals surface area (Å²) in [5.74, 6) is 0. The minimum absolute atomic E-state index is 0.168. The molecule has 17 heavy (non-hydrogen) atoms. The highest BCUT2D eigenvalue weighted by atomic mass is 79.9. The summed E-state index contributed by atoms with van der Waals surface area (Å²) < 4.78 is 5.98. The number of ether oxygens (including phenoxy) is 1. The quantitative estimate of drug-likeness (QED) is 0.750. The van der Waals surface area contributed by atoms with E-state index in [9.17, 15) is 0 Å². The van der Waals surface area contributed by atoms with Crippen molar-refractivity contribution in [1.82, 2.24) is 0 Å². The maximum absolute atomic E-state index is 5.98. The first-order valence-corrected chi connectivity index (χ1v) is 6.67. The minimum atomic E-state index is 0.168. The van der Waals surface area contributed by atoms with Crippen LogP contribution in [0.2, 0.25) is 0 Å². The van der Waals surface area contributed by atoms with Gasteiger partial charge in [-0.3, -0.25) is 0 Å². The Morgan fingerprint density at radius 3 is 1.47 bits per heavy atom. The molecule has 86 valence electrons. The van der Waals surface area contributed by atoms with Crippen LogP contribution in [0.1, 0.15) is 23.3 Å². The largest absolute Gasteiger partial charge is 0.363 e. The smallest absolute Gasteiger partial charge is 0.0987 e. The van der Waals surface area contributed by atoms with Crippen LogP contribution in [0.25, 0.3) is 0 Å². The van der Waals surface area contributed by atoms with Crippen LogP contribution in [0.3, 0.4) is 0 Å². The van der Waals surface area contributed by atoms with Crippen LogP contribution in [-0.2, 0) is 4.74 Å². The van der Waals surface area contributed by atoms with Crippen LogP contribution in [0.5, 0.6) is 0 Å². The average molecular weight is 289 g/mol. The fourth-order valence-corrected chi connectivity index (χ4v) is 3.05. The van der Waals surface area contributed by atoms with Gasteiger partial charge in [-0.1, -0.05) is 76.6 Å². The van der Waals surface area contributed by atoms with Gasteiger partial charge in [-0.25, -0.2) is 0 Å². The molecule has 2 aromatic carbocycles. The van der Waals surface area contributed by atoms with Gasteiger partial charge in [0.1, 0.15) is 0 Å². The zero-order chi connectivity index (χ0) is 11.7. The van der Waals surface area contributed by atoms with Gasteiger partial charge in [-0.05, 0) is 11.1 Å². The van der Waals surface area contributed by atoms with Crippen LogP contribution in [0.4, 0.5) is 0 Å². The normalized spacial score (nSPS) is 24.3. The van der Waals surface area contributed by atoms with Gasteiger partial charge in [-0.15, -0.1) is 0 Å². The van der Waals surface area contributed by atoms with Gasteiger partial charge < -0.3 is 4.74 Å². The van der Waals surface area contributed by atoms with Crippen molar-refractivity contribution in [3.05, 3.63) is 71.8 Å². The lowest BCUT2D eigenvalue weighted by Crippen LogP contribution is -2.36. The molecule has 0 bridgehead atoms. The van der Waals surface area contributed by atoms with E-state index in [0.29, 0.717) is 4.83 Å². The van der Waals surface area contributed by atoms with Crippen LogP contribution in [0.15, 0.2) is 60.7 Å². The number of benzene rings is 2. The molecule has 1 heterocycles. The molecule has 0 aliphatic carbocycles. The summed E-state index contributed by atoms with van der Waals surface area (Å²) in [7, 11) is 0. The molecule has 0 unspecified atom stereocenters. The molecule has 0 N–H and O–H groups in total. The number of halogens is 1. The fourth-order valence-electron chi connectivity index (χ4n) is 2.19. The molecule has 1 nitrogen and oxygen atoms in total. The highest BCUT2D eigenvalue weighted by Gasteiger charge is 2.42. The van der Waals surface area contributed by atoms with Crippen molar-refractivity contribution in [2.24, 2.45) is 0 Å². The second-order valence-electron chi connectivity index (χ2n) is 4.24. The van der Waals surface area contributed by atoms with E-state index < -0.39 is 0 Å². The van der Waals surface area contributed by atoms with Crippen LogP contribution < -0.4 is 0 Å². The molecule has 0 aromatic heterocycles. The molecule has 1 aliphatic heterocycles. The zero-order valence-corrected chi connectivity index (χ0v) is 10.9. The van der Waals surface area contributed by atoms with Crippen LogP contribution >= 0.6 is 15.9 Å². The van der Waals surface area contributed by atoms with Crippen LogP contribution in [0, 0.1) is 0 Å². The van der Waals surface area contributed by atoms with Gasteiger partial charge in [0.2, 0.25) is 0 Å². The predicted molar refractivity (Wildman–Crippen MR) is 72.2 cm³/mol. The van der Waals surface area contributed by atoms with Crippen molar-refractivity contribution in [2.75, 3.05) is 0 Å². The van der Waals surface area contributed by atoms with Crippen molar-refractivity contribution in [2.45, 2.75) is 17.0 Å². The van der Waals surface area contributed by atoms with E-state index in [1.165, 1.54) is 11.1 Å². The number of hydrogen-bond donors (Lipinski definition) is 0. The monoisotopic (exact) mass is 288 g/mol. The van der Waals surface area contributed by atoms with E-state index >= 15 is 0 Å². The van der Waals surface area contributed by atoms with E-state index in [1.807, 2.05) is 36.4 Å². The maximum Gasteiger partial charge on any atom is 0.0987 e. The van der Waals surface area contributed by atoms with Crippen molar-refractivity contribution < 1.29 is 4.74 Å². The zero-order valence-electron chi connectivity index (χ0n) is 9.29. The van der Waals surface area contributed by atoms with Crippen molar-refractivity contribution >= 4 is 15.9 Å². The Balaban J connectivity index is 1.76. The lowest BCUT2D eigenvalue weighted by molar-refractivity contribution is -0.118. The molecule has 1 saturated heterocycles. The Bertz CT molecular complexity index is 437. The number of alkyl halides is 1. The van der Waals surface area contributed by atoms with Gasteiger partial charge in [0.05, 0.1) is 17.0 Å². The second kappa shape index (κ2) is 4.63. The molecule has 2 aromatic rings. The Morgan fingerprint density at radius 2 is 1.12 bits per heavy atom. The molecule has 3 rings (SSSR count). The Hall–Kier alpha value is -1.12. The van der Waals surface area contributed by atoms with E-state index in [2.05, 4.69) is 40.2 Å². The SMILES string of the molecule is BrC1[C@H](c2ccccc2)O[C@H]1c1ccccc1. The summed E-state index contributed by atoms with van der Waals surface area (Å²) in [6.07, 6.45) is 0.336. The second-order valence-corrected chi connectivity index (χ2v) is 5.30. The van der Waals surface area contributed by atoms with E-state index in [1.54, 1.807) is 0 Å². The predicted octanol–water partition coefficient (Wildman–Crippen LogP) is 4.26. The first-order chi connectivity index (χ1) is 8.36. The minimum Gasteiger partial charge on any atom is -0.363 e. The summed E-state index contributed by atoms with van der Waals surface area (Å²) in [5.41, 5.74) is 2.48. The maximum atomic E-state index is 5.98. The van der Waals surface area contributed by atoms with Crippen molar-refractivity contribution in [3.63, 3.8) is 0 Å². The molecule has 1 fully saturated rings. The summed E-state index contributed by atoms with van der Waals surface area (Å²) in [5, 5.41) is 0. The first-order valence-electron chi connectivity index (χ1n) is 5.76. The molecule has 0 saturated carbocycles. The summed E-state index contributed by atoms with van der Waals surface area (Å²) >= 11 is 3.74. The highest BCUT2D eigenvalue weighted by molar-refractivity contribution is 9.09. The van der Waals surface area contributed by atoms with Gasteiger partial charge in [0.15, 0.2) is 0 Å². The lowest BCUT2D eigenvalue weighted by atomic mass is 9.93. The van der Waals surface area contributed by atoms with Crippen molar-refractivity contribution in [1.29, 1.82) is 0 Å². The Labute approximate surface area is 110 Å². The van der Waals surface area contributed by atoms with Crippen LogP contribution in [-0.4, -0.2) is 4.83 Å². The number of rotatable bonds is 2. The van der Waals surface area contributed by atoms with E-state index in [-0.39, 0.29) is 12.2 Å². The lowest BCUT2D eigenvalue weighted by Gasteiger charge is -2.42. The molecule has 2 heteroatoms. The third-order valence-electron chi connectivity index (χ3n) is 3.13. The highest BCUT2D eigenvalue weighted by Crippen LogP contribution is 2.48. The summed E-state index contributed by atoms with van der Waals surface area (Å²) in [4.78, 5) is 0.354. The topological polar surface area (TPSA) is 9.23 Å². The molecule has 0 spiro atoms. The third-order valence-corrected chi connectivity index (χ3v) is 4.09. The third kappa shape index (κ3) is 2.03. The summed E-state index contributed by atoms with van der Waals surface area (Å²) in [6.45, 7) is 0. The molecule has 0 radical (unpaired) electrons. The van der Waals surface area contributed by atoms with Gasteiger partial charge in [-0.2, -0.15) is 0 Å². The molecule has 0 amide bonds. The molecular formula is C15H13BrO. The number of hydrogen-bond acceptors (Lipinski definition) is 1. The first kappa shape index (κ1) is 11.0. The Kier molecular flexibility index (Phi) is 3.00. The van der Waals surface area contributed by atoms with E-state index in [4.69, 9.17) is 4.74 Å². The molecule has 1 aliphatic rings. The van der Waals surface area contributed by atoms with Gasteiger partial charge in [0.25, 0.3) is 0 Å². The molecule has 2 atom stereocenters. The van der Waals surface area contributed by atoms with Crippen molar-refractivity contribution in [3.8, 4) is 0 Å². The van der Waals surface area contributed by atoms with Gasteiger partial charge >= 0.3 is 0 Å². The Morgan fingerprint density at radius 1 is 0.706 bits per heavy atom. The summed E-state index contributed by atoms with van der Waals surface area (Å²) in [6, 6.07) is 20.7. The van der Waals surface area contributed by atoms with E-state index in [0.717, 1.165) is 0 Å². The molecular weight excluding hydrogens is 276 g/mol. The standard InChI is InChI=1S/C15H13BrO/c16-13-14(11-7-3-1-4-8-11)17-15(13)12-9-5-2-6-10-12/h1-10,13-15H/t14-,15-/m0/s1. The fraction of sp³-hybridized carbons (Fsp3) is 0.200. The van der Waals surface area contributed by atoms with Gasteiger partial charge in [0, 0.05) is 0 Å². The average Bonchev–Trinajstić information content (AvgIpc) is 2.40.